The molecule has 1 aromatic rings. The van der Waals surface area contributed by atoms with Crippen molar-refractivity contribution in [1.82, 2.24) is 14.8 Å². The fourth-order valence-corrected chi connectivity index (χ4v) is 2.24. The summed E-state index contributed by atoms with van der Waals surface area (Å²) in [5.74, 6) is -0.687. The summed E-state index contributed by atoms with van der Waals surface area (Å²) in [5.41, 5.74) is 10.9. The molecule has 2 rings (SSSR count). The summed E-state index contributed by atoms with van der Waals surface area (Å²) in [6.45, 7) is 0. The fraction of sp³-hybridized carbons (Fsp3) is 0.667. The lowest BCUT2D eigenvalue weighted by Crippen LogP contribution is -2.28. The molecule has 1 aliphatic carbocycles. The molecule has 0 aliphatic heterocycles. The van der Waals surface area contributed by atoms with Crippen LogP contribution < -0.4 is 11.5 Å². The van der Waals surface area contributed by atoms with Gasteiger partial charge in [0.05, 0.1) is 6.04 Å². The molecule has 0 saturated heterocycles. The Morgan fingerprint density at radius 1 is 1.38 bits per heavy atom. The van der Waals surface area contributed by atoms with Gasteiger partial charge in [-0.25, -0.2) is 4.68 Å². The number of carbonyl (C=O) groups is 1. The van der Waals surface area contributed by atoms with E-state index in [2.05, 4.69) is 10.1 Å². The van der Waals surface area contributed by atoms with Crippen LogP contribution in [0.3, 0.4) is 0 Å². The molecule has 88 valence electrons. The summed E-state index contributed by atoms with van der Waals surface area (Å²) in [6.07, 6.45) is 3.68. The molecule has 1 saturated carbocycles. The molecule has 1 amide bonds. The van der Waals surface area contributed by atoms with Crippen molar-refractivity contribution in [3.05, 3.63) is 11.1 Å². The van der Waals surface area contributed by atoms with E-state index < -0.39 is 5.91 Å². The van der Waals surface area contributed by atoms with Crippen LogP contribution in [0.2, 0.25) is 5.28 Å². The highest BCUT2D eigenvalue weighted by Gasteiger charge is 2.24. The standard InChI is InChI=1S/C9H14ClN5O/c10-9-13-8(7(12)16)14-15(9)6-3-1-5(11)2-4-6/h5-6H,1-4,11H2,(H2,12,16). The van der Waals surface area contributed by atoms with Gasteiger partial charge in [0.15, 0.2) is 0 Å². The third-order valence-electron chi connectivity index (χ3n) is 2.90. The molecule has 0 bridgehead atoms. The molecule has 4 N–H and O–H groups in total. The summed E-state index contributed by atoms with van der Waals surface area (Å²) in [6, 6.07) is 0.432. The normalized spacial score (nSPS) is 25.6. The molecule has 0 aromatic carbocycles. The number of primary amides is 1. The summed E-state index contributed by atoms with van der Waals surface area (Å²) in [7, 11) is 0. The largest absolute Gasteiger partial charge is 0.363 e. The molecule has 0 radical (unpaired) electrons. The Morgan fingerprint density at radius 3 is 2.50 bits per heavy atom. The van der Waals surface area contributed by atoms with Gasteiger partial charge in [0.1, 0.15) is 0 Å². The van der Waals surface area contributed by atoms with Crippen LogP contribution in [-0.4, -0.2) is 26.7 Å². The third kappa shape index (κ3) is 2.17. The zero-order valence-electron chi connectivity index (χ0n) is 8.77. The topological polar surface area (TPSA) is 99.8 Å². The number of rotatable bonds is 2. The molecule has 0 spiro atoms. The van der Waals surface area contributed by atoms with Gasteiger partial charge in [-0.1, -0.05) is 0 Å². The number of hydrogen-bond acceptors (Lipinski definition) is 4. The van der Waals surface area contributed by atoms with Crippen LogP contribution in [0.4, 0.5) is 0 Å². The first kappa shape index (κ1) is 11.3. The Kier molecular flexibility index (Phi) is 3.11. The van der Waals surface area contributed by atoms with Crippen LogP contribution >= 0.6 is 11.6 Å². The molecular weight excluding hydrogens is 230 g/mol. The van der Waals surface area contributed by atoms with Crippen LogP contribution in [0.5, 0.6) is 0 Å². The molecule has 16 heavy (non-hydrogen) atoms. The van der Waals surface area contributed by atoms with Crippen LogP contribution in [0.25, 0.3) is 0 Å². The lowest BCUT2D eigenvalue weighted by atomic mass is 9.92. The Balaban J connectivity index is 2.17. The molecule has 1 aliphatic rings. The van der Waals surface area contributed by atoms with E-state index in [9.17, 15) is 4.79 Å². The molecule has 7 heteroatoms. The number of nitrogens with zero attached hydrogens (tertiary/aromatic N) is 3. The first-order valence-corrected chi connectivity index (χ1v) is 5.63. The van der Waals surface area contributed by atoms with Crippen molar-refractivity contribution < 1.29 is 4.79 Å². The molecular formula is C9H14ClN5O. The number of amides is 1. The van der Waals surface area contributed by atoms with Crippen LogP contribution in [-0.2, 0) is 0 Å². The average molecular weight is 244 g/mol. The Labute approximate surface area is 98.0 Å². The van der Waals surface area contributed by atoms with E-state index in [0.717, 1.165) is 25.7 Å². The minimum atomic E-state index is -0.659. The number of nitrogens with two attached hydrogens (primary N) is 2. The van der Waals surface area contributed by atoms with Crippen LogP contribution in [0.1, 0.15) is 42.3 Å². The van der Waals surface area contributed by atoms with E-state index in [4.69, 9.17) is 23.1 Å². The second-order valence-electron chi connectivity index (χ2n) is 4.08. The van der Waals surface area contributed by atoms with Gasteiger partial charge in [-0.3, -0.25) is 4.79 Å². The minimum Gasteiger partial charge on any atom is -0.363 e. The maximum Gasteiger partial charge on any atom is 0.288 e. The van der Waals surface area contributed by atoms with Gasteiger partial charge in [0.25, 0.3) is 5.91 Å². The highest BCUT2D eigenvalue weighted by molar-refractivity contribution is 6.28. The molecule has 6 nitrogen and oxygen atoms in total. The minimum absolute atomic E-state index is 0.0279. The lowest BCUT2D eigenvalue weighted by molar-refractivity contribution is 0.0989. The van der Waals surface area contributed by atoms with E-state index in [0.29, 0.717) is 0 Å². The first-order chi connectivity index (χ1) is 7.58. The SMILES string of the molecule is NC(=O)c1nc(Cl)n(C2CCC(N)CC2)n1. The van der Waals surface area contributed by atoms with Crippen molar-refractivity contribution in [1.29, 1.82) is 0 Å². The van der Waals surface area contributed by atoms with Crippen LogP contribution in [0.15, 0.2) is 0 Å². The van der Waals surface area contributed by atoms with Gasteiger partial charge in [-0.15, -0.1) is 5.10 Å². The first-order valence-electron chi connectivity index (χ1n) is 5.25. The highest BCUT2D eigenvalue weighted by Crippen LogP contribution is 2.29. The molecule has 0 unspecified atom stereocenters. The molecule has 1 heterocycles. The predicted octanol–water partition coefficient (Wildman–Crippen LogP) is 0.473. The lowest BCUT2D eigenvalue weighted by Gasteiger charge is -2.26. The van der Waals surface area contributed by atoms with Gasteiger partial charge < -0.3 is 11.5 Å². The van der Waals surface area contributed by atoms with Crippen molar-refractivity contribution in [2.24, 2.45) is 11.5 Å². The molecule has 1 fully saturated rings. The van der Waals surface area contributed by atoms with Crippen molar-refractivity contribution in [3.8, 4) is 0 Å². The van der Waals surface area contributed by atoms with E-state index in [1.54, 1.807) is 4.68 Å². The van der Waals surface area contributed by atoms with E-state index in [1.807, 2.05) is 0 Å². The Hall–Kier alpha value is -1.14. The van der Waals surface area contributed by atoms with Gasteiger partial charge in [-0.2, -0.15) is 4.98 Å². The summed E-state index contributed by atoms with van der Waals surface area (Å²) in [5, 5.41) is 4.23. The maximum absolute atomic E-state index is 10.9. The van der Waals surface area contributed by atoms with Crippen LogP contribution in [0, 0.1) is 0 Å². The number of halogens is 1. The maximum atomic E-state index is 10.9. The Bertz CT molecular complexity index is 397. The van der Waals surface area contributed by atoms with Gasteiger partial charge in [0, 0.05) is 6.04 Å². The summed E-state index contributed by atoms with van der Waals surface area (Å²) in [4.78, 5) is 14.7. The Morgan fingerprint density at radius 2 is 2.00 bits per heavy atom. The predicted molar refractivity (Wildman–Crippen MR) is 59.0 cm³/mol. The van der Waals surface area contributed by atoms with E-state index >= 15 is 0 Å². The number of aromatic nitrogens is 3. The summed E-state index contributed by atoms with van der Waals surface area (Å²) >= 11 is 5.91. The smallest absolute Gasteiger partial charge is 0.288 e. The zero-order chi connectivity index (χ0) is 11.7. The van der Waals surface area contributed by atoms with E-state index in [-0.39, 0.29) is 23.2 Å². The van der Waals surface area contributed by atoms with Crippen molar-refractivity contribution in [2.45, 2.75) is 37.8 Å². The van der Waals surface area contributed by atoms with Gasteiger partial charge in [0.2, 0.25) is 11.1 Å². The number of hydrogen-bond donors (Lipinski definition) is 2. The molecule has 1 aromatic heterocycles. The van der Waals surface area contributed by atoms with Gasteiger partial charge >= 0.3 is 0 Å². The van der Waals surface area contributed by atoms with Crippen molar-refractivity contribution in [2.75, 3.05) is 0 Å². The van der Waals surface area contributed by atoms with Crippen molar-refractivity contribution >= 4 is 17.5 Å². The second-order valence-corrected chi connectivity index (χ2v) is 4.42. The fourth-order valence-electron chi connectivity index (χ4n) is 1.99. The monoisotopic (exact) mass is 243 g/mol. The van der Waals surface area contributed by atoms with E-state index in [1.165, 1.54) is 0 Å². The summed E-state index contributed by atoms with van der Waals surface area (Å²) < 4.78 is 1.58. The quantitative estimate of drug-likeness (QED) is 0.789. The number of carbonyl (C=O) groups excluding carboxylic acids is 1. The van der Waals surface area contributed by atoms with Gasteiger partial charge in [-0.05, 0) is 37.3 Å². The second kappa shape index (κ2) is 4.39. The third-order valence-corrected chi connectivity index (χ3v) is 3.15. The molecule has 0 atom stereocenters. The zero-order valence-corrected chi connectivity index (χ0v) is 9.52. The average Bonchev–Trinajstić information content (AvgIpc) is 2.62. The highest BCUT2D eigenvalue weighted by atomic mass is 35.5. The van der Waals surface area contributed by atoms with Crippen molar-refractivity contribution in [3.63, 3.8) is 0 Å².